The molecule has 1 aromatic rings. The molecule has 0 aliphatic heterocycles. The standard InChI is InChI=1S/C11H16BrNO/c1-6(2)10(13)9-5-8(12)4-7(3)11(9)14/h4-6,10,14H,13H2,1-3H3. The minimum absolute atomic E-state index is 0.119. The molecule has 0 fully saturated rings. The van der Waals surface area contributed by atoms with E-state index in [0.29, 0.717) is 11.7 Å². The van der Waals surface area contributed by atoms with Gasteiger partial charge in [-0.15, -0.1) is 0 Å². The molecule has 0 saturated carbocycles. The lowest BCUT2D eigenvalue weighted by Gasteiger charge is -2.18. The summed E-state index contributed by atoms with van der Waals surface area (Å²) < 4.78 is 0.957. The summed E-state index contributed by atoms with van der Waals surface area (Å²) in [5.41, 5.74) is 7.66. The number of halogens is 1. The predicted molar refractivity (Wildman–Crippen MR) is 62.3 cm³/mol. The minimum atomic E-state index is -0.119. The molecule has 1 unspecified atom stereocenters. The number of phenols is 1. The summed E-state index contributed by atoms with van der Waals surface area (Å²) in [6, 6.07) is 3.64. The van der Waals surface area contributed by atoms with Gasteiger partial charge in [-0.2, -0.15) is 0 Å². The second-order valence-electron chi connectivity index (χ2n) is 3.93. The van der Waals surface area contributed by atoms with Gasteiger partial charge in [0.1, 0.15) is 5.75 Å². The van der Waals surface area contributed by atoms with Crippen molar-refractivity contribution in [2.75, 3.05) is 0 Å². The van der Waals surface area contributed by atoms with E-state index in [1.54, 1.807) is 0 Å². The van der Waals surface area contributed by atoms with Gasteiger partial charge < -0.3 is 10.8 Å². The van der Waals surface area contributed by atoms with Gasteiger partial charge >= 0.3 is 0 Å². The molecule has 0 bridgehead atoms. The summed E-state index contributed by atoms with van der Waals surface area (Å²) in [5.74, 6) is 0.629. The Balaban J connectivity index is 3.20. The average molecular weight is 258 g/mol. The Morgan fingerprint density at radius 3 is 2.43 bits per heavy atom. The Morgan fingerprint density at radius 1 is 1.36 bits per heavy atom. The fourth-order valence-corrected chi connectivity index (χ4v) is 1.96. The highest BCUT2D eigenvalue weighted by Crippen LogP contribution is 2.33. The molecule has 2 nitrogen and oxygen atoms in total. The zero-order valence-electron chi connectivity index (χ0n) is 8.71. The van der Waals surface area contributed by atoms with Crippen LogP contribution in [0, 0.1) is 12.8 Å². The highest BCUT2D eigenvalue weighted by molar-refractivity contribution is 9.10. The number of nitrogens with two attached hydrogens (primary N) is 1. The van der Waals surface area contributed by atoms with Gasteiger partial charge in [0.15, 0.2) is 0 Å². The lowest BCUT2D eigenvalue weighted by Crippen LogP contribution is -2.17. The molecule has 1 aromatic carbocycles. The second kappa shape index (κ2) is 4.32. The van der Waals surface area contributed by atoms with Gasteiger partial charge in [0, 0.05) is 16.1 Å². The lowest BCUT2D eigenvalue weighted by atomic mass is 9.95. The first-order valence-electron chi connectivity index (χ1n) is 4.68. The topological polar surface area (TPSA) is 46.2 Å². The number of benzene rings is 1. The molecule has 0 heterocycles. The first-order valence-corrected chi connectivity index (χ1v) is 5.47. The van der Waals surface area contributed by atoms with Crippen LogP contribution >= 0.6 is 15.9 Å². The summed E-state index contributed by atoms with van der Waals surface area (Å²) in [7, 11) is 0. The van der Waals surface area contributed by atoms with Crippen LogP contribution in [0.1, 0.15) is 31.0 Å². The van der Waals surface area contributed by atoms with Gasteiger partial charge in [0.05, 0.1) is 0 Å². The van der Waals surface area contributed by atoms with Gasteiger partial charge in [-0.1, -0.05) is 29.8 Å². The summed E-state index contributed by atoms with van der Waals surface area (Å²) in [4.78, 5) is 0. The Bertz CT molecular complexity index is 336. The van der Waals surface area contributed by atoms with Crippen LogP contribution < -0.4 is 5.73 Å². The summed E-state index contributed by atoms with van der Waals surface area (Å²) in [6.45, 7) is 5.96. The average Bonchev–Trinajstić information content (AvgIpc) is 2.09. The van der Waals surface area contributed by atoms with Crippen molar-refractivity contribution in [2.24, 2.45) is 11.7 Å². The van der Waals surface area contributed by atoms with E-state index in [1.807, 2.05) is 32.9 Å². The molecule has 0 aliphatic rings. The molecule has 0 radical (unpaired) electrons. The first kappa shape index (κ1) is 11.5. The molecular formula is C11H16BrNO. The van der Waals surface area contributed by atoms with Crippen LogP contribution in [0.4, 0.5) is 0 Å². The molecule has 1 atom stereocenters. The number of aryl methyl sites for hydroxylation is 1. The maximum atomic E-state index is 9.84. The van der Waals surface area contributed by atoms with E-state index < -0.39 is 0 Å². The van der Waals surface area contributed by atoms with Crippen LogP contribution in [0.3, 0.4) is 0 Å². The summed E-state index contributed by atoms with van der Waals surface area (Å²) in [6.07, 6.45) is 0. The van der Waals surface area contributed by atoms with Crippen molar-refractivity contribution in [3.05, 3.63) is 27.7 Å². The summed E-state index contributed by atoms with van der Waals surface area (Å²) >= 11 is 3.40. The molecule has 14 heavy (non-hydrogen) atoms. The maximum Gasteiger partial charge on any atom is 0.123 e. The molecule has 0 aliphatic carbocycles. The van der Waals surface area contributed by atoms with Crippen molar-refractivity contribution in [2.45, 2.75) is 26.8 Å². The highest BCUT2D eigenvalue weighted by atomic mass is 79.9. The highest BCUT2D eigenvalue weighted by Gasteiger charge is 2.16. The van der Waals surface area contributed by atoms with Gasteiger partial charge in [-0.25, -0.2) is 0 Å². The lowest BCUT2D eigenvalue weighted by molar-refractivity contribution is 0.436. The quantitative estimate of drug-likeness (QED) is 0.856. The van der Waals surface area contributed by atoms with Crippen molar-refractivity contribution in [3.8, 4) is 5.75 Å². The van der Waals surface area contributed by atoms with Crippen LogP contribution in [0.15, 0.2) is 16.6 Å². The second-order valence-corrected chi connectivity index (χ2v) is 4.85. The Hall–Kier alpha value is -0.540. The largest absolute Gasteiger partial charge is 0.507 e. The monoisotopic (exact) mass is 257 g/mol. The van der Waals surface area contributed by atoms with E-state index in [-0.39, 0.29) is 6.04 Å². The Kier molecular flexibility index (Phi) is 3.56. The molecule has 78 valence electrons. The van der Waals surface area contributed by atoms with E-state index in [2.05, 4.69) is 15.9 Å². The van der Waals surface area contributed by atoms with E-state index in [4.69, 9.17) is 5.73 Å². The normalized spacial score (nSPS) is 13.3. The van der Waals surface area contributed by atoms with E-state index in [1.165, 1.54) is 0 Å². The third kappa shape index (κ3) is 2.28. The van der Waals surface area contributed by atoms with Crippen LogP contribution in [-0.4, -0.2) is 5.11 Å². The van der Waals surface area contributed by atoms with Crippen LogP contribution in [0.25, 0.3) is 0 Å². The molecule has 0 amide bonds. The van der Waals surface area contributed by atoms with Crippen molar-refractivity contribution < 1.29 is 5.11 Å². The van der Waals surface area contributed by atoms with E-state index in [0.717, 1.165) is 15.6 Å². The first-order chi connectivity index (χ1) is 6.43. The number of aromatic hydroxyl groups is 1. The third-order valence-corrected chi connectivity index (χ3v) is 2.83. The summed E-state index contributed by atoms with van der Waals surface area (Å²) in [5, 5.41) is 9.84. The van der Waals surface area contributed by atoms with E-state index >= 15 is 0 Å². The maximum absolute atomic E-state index is 9.84. The SMILES string of the molecule is Cc1cc(Br)cc(C(N)C(C)C)c1O. The Morgan fingerprint density at radius 2 is 1.93 bits per heavy atom. The zero-order chi connectivity index (χ0) is 10.9. The van der Waals surface area contributed by atoms with E-state index in [9.17, 15) is 5.11 Å². The van der Waals surface area contributed by atoms with Gasteiger partial charge in [0.25, 0.3) is 0 Å². The molecule has 0 spiro atoms. The molecule has 3 N–H and O–H groups in total. The molecule has 3 heteroatoms. The van der Waals surface area contributed by atoms with Gasteiger partial charge in [0.2, 0.25) is 0 Å². The molecule has 0 saturated heterocycles. The fourth-order valence-electron chi connectivity index (χ4n) is 1.37. The number of rotatable bonds is 2. The van der Waals surface area contributed by atoms with Crippen molar-refractivity contribution in [1.29, 1.82) is 0 Å². The molecule has 0 aromatic heterocycles. The smallest absolute Gasteiger partial charge is 0.123 e. The van der Waals surface area contributed by atoms with Crippen molar-refractivity contribution in [1.82, 2.24) is 0 Å². The minimum Gasteiger partial charge on any atom is -0.507 e. The van der Waals surface area contributed by atoms with Gasteiger partial charge in [-0.05, 0) is 30.5 Å². The van der Waals surface area contributed by atoms with Gasteiger partial charge in [-0.3, -0.25) is 0 Å². The number of phenolic OH excluding ortho intramolecular Hbond substituents is 1. The molecule has 1 rings (SSSR count). The third-order valence-electron chi connectivity index (χ3n) is 2.37. The Labute approximate surface area is 93.3 Å². The van der Waals surface area contributed by atoms with Crippen molar-refractivity contribution in [3.63, 3.8) is 0 Å². The van der Waals surface area contributed by atoms with Crippen molar-refractivity contribution >= 4 is 15.9 Å². The zero-order valence-corrected chi connectivity index (χ0v) is 10.3. The predicted octanol–water partition coefficient (Wildman–Crippen LogP) is 3.12. The van der Waals surface area contributed by atoms with Crippen LogP contribution in [0.5, 0.6) is 5.75 Å². The number of hydrogen-bond donors (Lipinski definition) is 2. The number of hydrogen-bond acceptors (Lipinski definition) is 2. The molecular weight excluding hydrogens is 242 g/mol. The fraction of sp³-hybridized carbons (Fsp3) is 0.455. The van der Waals surface area contributed by atoms with Crippen LogP contribution in [0.2, 0.25) is 0 Å². The van der Waals surface area contributed by atoms with Crippen LogP contribution in [-0.2, 0) is 0 Å².